The van der Waals surface area contributed by atoms with Gasteiger partial charge in [-0.15, -0.1) is 0 Å². The second-order valence-corrected chi connectivity index (χ2v) is 7.29. The number of aliphatic hydroxyl groups is 1. The highest BCUT2D eigenvalue weighted by Crippen LogP contribution is 2.12. The van der Waals surface area contributed by atoms with Crippen molar-refractivity contribution in [2.45, 2.75) is 122 Å². The molecule has 3 nitrogen and oxygen atoms in total. The molecule has 0 aromatic carbocycles. The van der Waals surface area contributed by atoms with Crippen LogP contribution < -0.4 is 0 Å². The molecule has 0 bridgehead atoms. The Morgan fingerprint density at radius 1 is 0.720 bits per heavy atom. The van der Waals surface area contributed by atoms with Crippen molar-refractivity contribution in [1.29, 1.82) is 0 Å². The Balaban J connectivity index is 3.13. The van der Waals surface area contributed by atoms with Crippen LogP contribution in [0.4, 0.5) is 0 Å². The van der Waals surface area contributed by atoms with Crippen molar-refractivity contribution >= 4 is 5.97 Å². The summed E-state index contributed by atoms with van der Waals surface area (Å²) in [5, 5.41) is 17.7. The van der Waals surface area contributed by atoms with Crippen LogP contribution >= 0.6 is 0 Å². The number of carbonyl (C=O) groups is 1. The molecule has 0 radical (unpaired) electrons. The Labute approximate surface area is 155 Å². The Bertz CT molecular complexity index is 312. The van der Waals surface area contributed by atoms with Crippen LogP contribution in [0.25, 0.3) is 0 Å². The number of aliphatic carboxylic acids is 1. The van der Waals surface area contributed by atoms with E-state index < -0.39 is 12.1 Å². The van der Waals surface area contributed by atoms with Crippen LogP contribution in [0.3, 0.4) is 0 Å². The average molecular weight is 355 g/mol. The molecule has 3 heteroatoms. The van der Waals surface area contributed by atoms with E-state index in [4.69, 9.17) is 10.2 Å². The third kappa shape index (κ3) is 19.3. The van der Waals surface area contributed by atoms with E-state index in [1.54, 1.807) is 0 Å². The molecule has 1 atom stereocenters. The van der Waals surface area contributed by atoms with Gasteiger partial charge in [0, 0.05) is 0 Å². The van der Waals surface area contributed by atoms with Gasteiger partial charge in [0.2, 0.25) is 0 Å². The van der Waals surface area contributed by atoms with Crippen molar-refractivity contribution in [3.63, 3.8) is 0 Å². The van der Waals surface area contributed by atoms with Crippen LogP contribution in [0.5, 0.6) is 0 Å². The maximum atomic E-state index is 10.5. The summed E-state index contributed by atoms with van der Waals surface area (Å²) in [5.41, 5.74) is 0. The van der Waals surface area contributed by atoms with E-state index >= 15 is 0 Å². The fourth-order valence-corrected chi connectivity index (χ4v) is 3.06. The molecule has 148 valence electrons. The van der Waals surface area contributed by atoms with Crippen molar-refractivity contribution in [3.8, 4) is 0 Å². The third-order valence-corrected chi connectivity index (χ3v) is 4.77. The van der Waals surface area contributed by atoms with Gasteiger partial charge in [0.25, 0.3) is 0 Å². The van der Waals surface area contributed by atoms with Crippen LogP contribution in [0.15, 0.2) is 12.2 Å². The normalized spacial score (nSPS) is 12.7. The molecule has 0 aromatic heterocycles. The van der Waals surface area contributed by atoms with Crippen molar-refractivity contribution in [1.82, 2.24) is 0 Å². The van der Waals surface area contributed by atoms with Gasteiger partial charge in [0.1, 0.15) is 0 Å². The van der Waals surface area contributed by atoms with Gasteiger partial charge in [0.15, 0.2) is 6.10 Å². The summed E-state index contributed by atoms with van der Waals surface area (Å²) in [6, 6.07) is 0. The van der Waals surface area contributed by atoms with Gasteiger partial charge >= 0.3 is 5.97 Å². The third-order valence-electron chi connectivity index (χ3n) is 4.77. The lowest BCUT2D eigenvalue weighted by molar-refractivity contribution is -0.146. The molecular weight excluding hydrogens is 312 g/mol. The van der Waals surface area contributed by atoms with Crippen molar-refractivity contribution in [2.75, 3.05) is 0 Å². The summed E-state index contributed by atoms with van der Waals surface area (Å²) in [5.74, 6) is -1.10. The van der Waals surface area contributed by atoms with Crippen LogP contribution in [0, 0.1) is 0 Å². The smallest absolute Gasteiger partial charge is 0.332 e. The van der Waals surface area contributed by atoms with Gasteiger partial charge in [-0.3, -0.25) is 0 Å². The molecule has 0 aliphatic carbocycles. The lowest BCUT2D eigenvalue weighted by Gasteiger charge is -2.05. The number of carboxylic acids is 1. The van der Waals surface area contributed by atoms with Crippen LogP contribution in [0.2, 0.25) is 0 Å². The molecule has 0 saturated heterocycles. The number of hydrogen-bond donors (Lipinski definition) is 2. The Morgan fingerprint density at radius 2 is 1.12 bits per heavy atom. The molecule has 25 heavy (non-hydrogen) atoms. The highest BCUT2D eigenvalue weighted by Gasteiger charge is 2.11. The zero-order valence-electron chi connectivity index (χ0n) is 16.6. The maximum absolute atomic E-state index is 10.5. The fourth-order valence-electron chi connectivity index (χ4n) is 3.06. The molecule has 0 amide bonds. The van der Waals surface area contributed by atoms with E-state index in [2.05, 4.69) is 19.1 Å². The number of unbranched alkanes of at least 4 members (excludes halogenated alkanes) is 14. The van der Waals surface area contributed by atoms with Gasteiger partial charge in [-0.25, -0.2) is 4.79 Å². The lowest BCUT2D eigenvalue weighted by Crippen LogP contribution is -2.18. The first-order valence-electron chi connectivity index (χ1n) is 10.7. The molecule has 0 aromatic rings. The number of carboxylic acid groups (broad SMARTS) is 1. The first-order chi connectivity index (χ1) is 12.2. The molecule has 2 N–H and O–H groups in total. The summed E-state index contributed by atoms with van der Waals surface area (Å²) < 4.78 is 0. The highest BCUT2D eigenvalue weighted by molar-refractivity contribution is 5.71. The van der Waals surface area contributed by atoms with E-state index in [0.717, 1.165) is 19.3 Å². The van der Waals surface area contributed by atoms with Crippen molar-refractivity contribution in [2.24, 2.45) is 0 Å². The Hall–Kier alpha value is -0.830. The van der Waals surface area contributed by atoms with E-state index in [0.29, 0.717) is 6.42 Å². The van der Waals surface area contributed by atoms with Crippen LogP contribution in [-0.4, -0.2) is 22.3 Å². The number of allylic oxidation sites excluding steroid dienone is 2. The minimum Gasteiger partial charge on any atom is -0.479 e. The second kappa shape index (κ2) is 19.5. The lowest BCUT2D eigenvalue weighted by atomic mass is 10.0. The SMILES string of the molecule is CCCCCCCC/C=C/CCCCCCCCCCC(O)C(=O)O. The van der Waals surface area contributed by atoms with Crippen LogP contribution in [0.1, 0.15) is 116 Å². The molecule has 0 fully saturated rings. The summed E-state index contributed by atoms with van der Waals surface area (Å²) >= 11 is 0. The molecule has 0 heterocycles. The molecular formula is C22H42O3. The number of aliphatic hydroxyl groups excluding tert-OH is 1. The highest BCUT2D eigenvalue weighted by atomic mass is 16.4. The zero-order valence-corrected chi connectivity index (χ0v) is 16.6. The fraction of sp³-hybridized carbons (Fsp3) is 0.864. The Kier molecular flexibility index (Phi) is 18.8. The van der Waals surface area contributed by atoms with Gasteiger partial charge in [-0.05, 0) is 32.1 Å². The summed E-state index contributed by atoms with van der Waals surface area (Å²) in [7, 11) is 0. The van der Waals surface area contributed by atoms with Gasteiger partial charge in [-0.1, -0.05) is 96.1 Å². The second-order valence-electron chi connectivity index (χ2n) is 7.29. The summed E-state index contributed by atoms with van der Waals surface area (Å²) in [4.78, 5) is 10.5. The monoisotopic (exact) mass is 354 g/mol. The standard InChI is InChI=1S/C22H42O3/c1-2-3-4-5-6-7-8-9-10-11-12-13-14-15-16-17-18-19-20-21(23)22(24)25/h9-10,21,23H,2-8,11-20H2,1H3,(H,24,25)/b10-9+. The molecule has 0 aliphatic heterocycles. The minimum atomic E-state index is -1.17. The van der Waals surface area contributed by atoms with Crippen molar-refractivity contribution in [3.05, 3.63) is 12.2 Å². The van der Waals surface area contributed by atoms with E-state index in [1.807, 2.05) is 0 Å². The maximum Gasteiger partial charge on any atom is 0.332 e. The first-order valence-corrected chi connectivity index (χ1v) is 10.7. The summed E-state index contributed by atoms with van der Waals surface area (Å²) in [6.07, 6.45) is 24.1. The molecule has 0 aliphatic rings. The predicted molar refractivity (Wildman–Crippen MR) is 107 cm³/mol. The number of hydrogen-bond acceptors (Lipinski definition) is 2. The topological polar surface area (TPSA) is 57.5 Å². The molecule has 1 unspecified atom stereocenters. The molecule has 0 rings (SSSR count). The van der Waals surface area contributed by atoms with E-state index in [-0.39, 0.29) is 0 Å². The predicted octanol–water partition coefficient (Wildman–Crippen LogP) is 6.64. The van der Waals surface area contributed by atoms with Gasteiger partial charge in [-0.2, -0.15) is 0 Å². The van der Waals surface area contributed by atoms with Crippen LogP contribution in [-0.2, 0) is 4.79 Å². The number of rotatable bonds is 19. The Morgan fingerprint density at radius 3 is 1.56 bits per heavy atom. The quantitative estimate of drug-likeness (QED) is 0.202. The molecule has 0 saturated carbocycles. The largest absolute Gasteiger partial charge is 0.479 e. The van der Waals surface area contributed by atoms with Gasteiger partial charge in [0.05, 0.1) is 0 Å². The van der Waals surface area contributed by atoms with E-state index in [1.165, 1.54) is 83.5 Å². The van der Waals surface area contributed by atoms with Gasteiger partial charge < -0.3 is 10.2 Å². The summed E-state index contributed by atoms with van der Waals surface area (Å²) in [6.45, 7) is 2.26. The first kappa shape index (κ1) is 24.2. The van der Waals surface area contributed by atoms with Crippen molar-refractivity contribution < 1.29 is 15.0 Å². The minimum absolute atomic E-state index is 0.389. The van der Waals surface area contributed by atoms with E-state index in [9.17, 15) is 4.79 Å². The molecule has 0 spiro atoms. The average Bonchev–Trinajstić information content (AvgIpc) is 2.60. The zero-order chi connectivity index (χ0) is 18.6.